The number of aliphatic imine (C=N–C) groups is 1. The fourth-order valence-electron chi connectivity index (χ4n) is 2.35. The van der Waals surface area contributed by atoms with E-state index in [9.17, 15) is 9.90 Å². The molecule has 0 aromatic heterocycles. The van der Waals surface area contributed by atoms with Gasteiger partial charge in [-0.05, 0) is 31.4 Å². The van der Waals surface area contributed by atoms with Crippen LogP contribution in [-0.2, 0) is 4.79 Å². The number of nitrogens with zero attached hydrogens (tertiary/aromatic N) is 2. The van der Waals surface area contributed by atoms with Gasteiger partial charge in [-0.3, -0.25) is 9.79 Å². The van der Waals surface area contributed by atoms with Crippen LogP contribution in [0.5, 0.6) is 5.75 Å². The van der Waals surface area contributed by atoms with Gasteiger partial charge in [0.1, 0.15) is 11.0 Å². The molecule has 1 amide bonds. The standard InChI is InChI=1S/C16H21N3O2S/c1-3-19(4-2)12-6-5-11(14(20)9-12)10-18-13-7-8-22-15(13)16(17)21/h5-10,13,15,20H,3-4H2,1-2H3,(H2,17,21). The smallest absolute Gasteiger partial charge is 0.233 e. The Kier molecular flexibility index (Phi) is 5.49. The van der Waals surface area contributed by atoms with Crippen LogP contribution in [0.4, 0.5) is 5.69 Å². The zero-order valence-corrected chi connectivity index (χ0v) is 13.6. The molecule has 1 aromatic carbocycles. The maximum atomic E-state index is 11.3. The molecule has 0 spiro atoms. The Morgan fingerprint density at radius 3 is 2.77 bits per heavy atom. The number of benzene rings is 1. The van der Waals surface area contributed by atoms with E-state index in [2.05, 4.69) is 23.7 Å². The SMILES string of the molecule is CCN(CC)c1ccc(C=NC2C=CSC2C(N)=O)c(O)c1. The average Bonchev–Trinajstić information content (AvgIpc) is 2.96. The summed E-state index contributed by atoms with van der Waals surface area (Å²) in [6.45, 7) is 5.91. The number of carbonyl (C=O) groups excluding carboxylic acids is 1. The van der Waals surface area contributed by atoms with Crippen molar-refractivity contribution in [3.63, 3.8) is 0 Å². The van der Waals surface area contributed by atoms with Gasteiger partial charge in [-0.2, -0.15) is 0 Å². The van der Waals surface area contributed by atoms with Gasteiger partial charge in [0, 0.05) is 36.6 Å². The second-order valence-electron chi connectivity index (χ2n) is 4.97. The van der Waals surface area contributed by atoms with Crippen molar-refractivity contribution < 1.29 is 9.90 Å². The van der Waals surface area contributed by atoms with Gasteiger partial charge in [0.2, 0.25) is 5.91 Å². The minimum Gasteiger partial charge on any atom is -0.507 e. The lowest BCUT2D eigenvalue weighted by Gasteiger charge is -2.21. The molecule has 1 aromatic rings. The molecule has 0 bridgehead atoms. The molecule has 118 valence electrons. The van der Waals surface area contributed by atoms with Crippen LogP contribution in [0.15, 0.2) is 34.7 Å². The summed E-state index contributed by atoms with van der Waals surface area (Å²) in [4.78, 5) is 17.8. The van der Waals surface area contributed by atoms with E-state index in [1.807, 2.05) is 23.6 Å². The number of amides is 1. The number of anilines is 1. The topological polar surface area (TPSA) is 78.9 Å². The van der Waals surface area contributed by atoms with Gasteiger partial charge in [0.15, 0.2) is 0 Å². The van der Waals surface area contributed by atoms with E-state index in [1.165, 1.54) is 11.8 Å². The lowest BCUT2D eigenvalue weighted by atomic mass is 10.1. The van der Waals surface area contributed by atoms with Crippen molar-refractivity contribution in [2.75, 3.05) is 18.0 Å². The molecule has 0 saturated carbocycles. The molecule has 2 rings (SSSR count). The number of hydrogen-bond donors (Lipinski definition) is 2. The van der Waals surface area contributed by atoms with Gasteiger partial charge in [-0.1, -0.05) is 6.08 Å². The van der Waals surface area contributed by atoms with Crippen LogP contribution in [0.1, 0.15) is 19.4 Å². The molecule has 2 atom stereocenters. The third kappa shape index (κ3) is 3.62. The first-order valence-corrected chi connectivity index (χ1v) is 8.23. The molecule has 1 heterocycles. The van der Waals surface area contributed by atoms with E-state index < -0.39 is 0 Å². The summed E-state index contributed by atoms with van der Waals surface area (Å²) in [5.74, 6) is -0.198. The van der Waals surface area contributed by atoms with E-state index in [-0.39, 0.29) is 22.9 Å². The predicted octanol–water partition coefficient (Wildman–Crippen LogP) is 2.14. The summed E-state index contributed by atoms with van der Waals surface area (Å²) < 4.78 is 0. The molecule has 2 unspecified atom stereocenters. The van der Waals surface area contributed by atoms with Crippen molar-refractivity contribution in [3.8, 4) is 5.75 Å². The summed E-state index contributed by atoms with van der Waals surface area (Å²) in [6, 6.07) is 5.25. The van der Waals surface area contributed by atoms with Crippen molar-refractivity contribution in [2.24, 2.45) is 10.7 Å². The Bertz CT molecular complexity index is 597. The molecule has 0 aliphatic carbocycles. The third-order valence-corrected chi connectivity index (χ3v) is 4.74. The summed E-state index contributed by atoms with van der Waals surface area (Å²) in [5, 5.41) is 11.6. The largest absolute Gasteiger partial charge is 0.507 e. The summed E-state index contributed by atoms with van der Waals surface area (Å²) in [7, 11) is 0. The number of rotatable bonds is 6. The fourth-order valence-corrected chi connectivity index (χ4v) is 3.23. The van der Waals surface area contributed by atoms with Crippen molar-refractivity contribution in [1.82, 2.24) is 0 Å². The number of carbonyl (C=O) groups is 1. The Balaban J connectivity index is 2.15. The molecule has 5 nitrogen and oxygen atoms in total. The molecule has 0 saturated heterocycles. The third-order valence-electron chi connectivity index (χ3n) is 3.62. The number of thioether (sulfide) groups is 1. The monoisotopic (exact) mass is 319 g/mol. The van der Waals surface area contributed by atoms with Crippen molar-refractivity contribution in [3.05, 3.63) is 35.2 Å². The van der Waals surface area contributed by atoms with Gasteiger partial charge >= 0.3 is 0 Å². The summed E-state index contributed by atoms with van der Waals surface area (Å²) in [5.41, 5.74) is 6.95. The van der Waals surface area contributed by atoms with Crippen LogP contribution in [0.2, 0.25) is 0 Å². The van der Waals surface area contributed by atoms with Crippen LogP contribution in [-0.4, -0.2) is 41.6 Å². The number of aromatic hydroxyl groups is 1. The molecule has 0 radical (unpaired) electrons. The fraction of sp³-hybridized carbons (Fsp3) is 0.375. The zero-order valence-electron chi connectivity index (χ0n) is 12.8. The normalized spacial score (nSPS) is 20.6. The molecule has 6 heteroatoms. The predicted molar refractivity (Wildman–Crippen MR) is 92.8 cm³/mol. The highest BCUT2D eigenvalue weighted by Crippen LogP contribution is 2.28. The molecular formula is C16H21N3O2S. The van der Waals surface area contributed by atoms with Crippen molar-refractivity contribution in [2.45, 2.75) is 25.1 Å². The summed E-state index contributed by atoms with van der Waals surface area (Å²) >= 11 is 1.37. The maximum Gasteiger partial charge on any atom is 0.233 e. The van der Waals surface area contributed by atoms with Gasteiger partial charge in [0.25, 0.3) is 0 Å². The number of phenols is 1. The minimum atomic E-state index is -0.377. The second kappa shape index (κ2) is 7.35. The highest BCUT2D eigenvalue weighted by molar-refractivity contribution is 8.03. The van der Waals surface area contributed by atoms with E-state index in [4.69, 9.17) is 5.73 Å². The first-order valence-electron chi connectivity index (χ1n) is 7.29. The number of phenolic OH excluding ortho intramolecular Hbond substituents is 1. The van der Waals surface area contributed by atoms with Crippen LogP contribution in [0.3, 0.4) is 0 Å². The van der Waals surface area contributed by atoms with Crippen molar-refractivity contribution in [1.29, 1.82) is 0 Å². The number of nitrogens with two attached hydrogens (primary N) is 1. The van der Waals surface area contributed by atoms with Crippen LogP contribution in [0, 0.1) is 0 Å². The van der Waals surface area contributed by atoms with Crippen LogP contribution >= 0.6 is 11.8 Å². The molecule has 22 heavy (non-hydrogen) atoms. The van der Waals surface area contributed by atoms with Crippen LogP contribution in [0.25, 0.3) is 0 Å². The van der Waals surface area contributed by atoms with Crippen molar-refractivity contribution >= 4 is 29.6 Å². The van der Waals surface area contributed by atoms with E-state index in [1.54, 1.807) is 12.3 Å². The highest BCUT2D eigenvalue weighted by atomic mass is 32.2. The highest BCUT2D eigenvalue weighted by Gasteiger charge is 2.27. The quantitative estimate of drug-likeness (QED) is 0.787. The molecule has 1 aliphatic heterocycles. The zero-order chi connectivity index (χ0) is 16.1. The molecule has 1 aliphatic rings. The second-order valence-corrected chi connectivity index (χ2v) is 6.02. The minimum absolute atomic E-state index is 0.179. The molecular weight excluding hydrogens is 298 g/mol. The first kappa shape index (κ1) is 16.4. The summed E-state index contributed by atoms with van der Waals surface area (Å²) in [6.07, 6.45) is 3.44. The Morgan fingerprint density at radius 1 is 1.45 bits per heavy atom. The Hall–Kier alpha value is -1.95. The van der Waals surface area contributed by atoms with Gasteiger partial charge in [0.05, 0.1) is 6.04 Å². The first-order chi connectivity index (χ1) is 10.6. The molecule has 3 N–H and O–H groups in total. The van der Waals surface area contributed by atoms with E-state index >= 15 is 0 Å². The van der Waals surface area contributed by atoms with Gasteiger partial charge in [-0.25, -0.2) is 0 Å². The van der Waals surface area contributed by atoms with E-state index in [0.717, 1.165) is 18.8 Å². The van der Waals surface area contributed by atoms with Crippen LogP contribution < -0.4 is 10.6 Å². The Labute approximate surface area is 134 Å². The lowest BCUT2D eigenvalue weighted by molar-refractivity contribution is -0.117. The Morgan fingerprint density at radius 2 is 2.18 bits per heavy atom. The van der Waals surface area contributed by atoms with Gasteiger partial charge in [-0.15, -0.1) is 11.8 Å². The van der Waals surface area contributed by atoms with E-state index in [0.29, 0.717) is 5.56 Å². The maximum absolute atomic E-state index is 11.3. The lowest BCUT2D eigenvalue weighted by Crippen LogP contribution is -2.32. The number of hydrogen-bond acceptors (Lipinski definition) is 5. The van der Waals surface area contributed by atoms with Gasteiger partial charge < -0.3 is 15.7 Å². The average molecular weight is 319 g/mol. The number of primary amides is 1. The molecule has 0 fully saturated rings.